The number of ether oxygens (including phenoxy) is 1. The first-order valence-corrected chi connectivity index (χ1v) is 10.3. The Morgan fingerprint density at radius 1 is 1.13 bits per heavy atom. The van der Waals surface area contributed by atoms with Crippen molar-refractivity contribution in [1.82, 2.24) is 14.8 Å². The lowest BCUT2D eigenvalue weighted by Gasteiger charge is -2.19. The topological polar surface area (TPSA) is 97.3 Å². The average Bonchev–Trinajstić information content (AvgIpc) is 3.14. The summed E-state index contributed by atoms with van der Waals surface area (Å²) in [6, 6.07) is 16.6. The zero-order valence-corrected chi connectivity index (χ0v) is 17.5. The average molecular weight is 426 g/mol. The SMILES string of the molecule is COC(=O)c1ccccc1N(C)C(=O)CSc1n[nH]c(=O)n1CCc1ccccc1. The fourth-order valence-electron chi connectivity index (χ4n) is 2.90. The smallest absolute Gasteiger partial charge is 0.343 e. The van der Waals surface area contributed by atoms with Crippen molar-refractivity contribution in [3.63, 3.8) is 0 Å². The molecule has 0 saturated heterocycles. The van der Waals surface area contributed by atoms with Crippen LogP contribution in [0.1, 0.15) is 15.9 Å². The minimum Gasteiger partial charge on any atom is -0.465 e. The summed E-state index contributed by atoms with van der Waals surface area (Å²) >= 11 is 1.17. The van der Waals surface area contributed by atoms with E-state index in [-0.39, 0.29) is 17.3 Å². The van der Waals surface area contributed by atoms with Crippen LogP contribution >= 0.6 is 11.8 Å². The number of benzene rings is 2. The number of nitrogens with zero attached hydrogens (tertiary/aromatic N) is 3. The van der Waals surface area contributed by atoms with E-state index in [4.69, 9.17) is 4.74 Å². The van der Waals surface area contributed by atoms with Gasteiger partial charge in [-0.15, -0.1) is 5.10 Å². The fraction of sp³-hybridized carbons (Fsp3) is 0.238. The molecule has 0 fully saturated rings. The maximum Gasteiger partial charge on any atom is 0.343 e. The number of rotatable bonds is 8. The summed E-state index contributed by atoms with van der Waals surface area (Å²) in [5.74, 6) is -0.692. The lowest BCUT2D eigenvalue weighted by atomic mass is 10.1. The molecule has 0 radical (unpaired) electrons. The molecule has 0 bridgehead atoms. The minimum atomic E-state index is -0.514. The van der Waals surface area contributed by atoms with Gasteiger partial charge in [0.05, 0.1) is 24.1 Å². The molecular formula is C21H22N4O4S. The Morgan fingerprint density at radius 2 is 1.83 bits per heavy atom. The summed E-state index contributed by atoms with van der Waals surface area (Å²) in [4.78, 5) is 38.2. The van der Waals surface area contributed by atoms with Crippen molar-refractivity contribution in [2.45, 2.75) is 18.1 Å². The number of aromatic nitrogens is 3. The van der Waals surface area contributed by atoms with Crippen LogP contribution in [0.2, 0.25) is 0 Å². The van der Waals surface area contributed by atoms with E-state index in [1.54, 1.807) is 31.3 Å². The molecule has 3 rings (SSSR count). The largest absolute Gasteiger partial charge is 0.465 e. The Balaban J connectivity index is 1.67. The van der Waals surface area contributed by atoms with E-state index < -0.39 is 5.97 Å². The standard InChI is InChI=1S/C21H22N4O4S/c1-24(17-11-7-6-10-16(17)19(27)29-2)18(26)14-30-21-23-22-20(28)25(21)13-12-15-8-4-3-5-9-15/h3-11H,12-14H2,1-2H3,(H,22,28). The van der Waals surface area contributed by atoms with Crippen LogP contribution in [0.15, 0.2) is 64.5 Å². The molecule has 30 heavy (non-hydrogen) atoms. The third kappa shape index (κ3) is 4.98. The summed E-state index contributed by atoms with van der Waals surface area (Å²) in [5.41, 5.74) is 1.56. The minimum absolute atomic E-state index is 0.0572. The van der Waals surface area contributed by atoms with E-state index in [1.807, 2.05) is 30.3 Å². The number of aromatic amines is 1. The Bertz CT molecular complexity index is 1080. The lowest BCUT2D eigenvalue weighted by Crippen LogP contribution is -2.30. The number of nitrogens with one attached hydrogen (secondary N) is 1. The third-order valence-corrected chi connectivity index (χ3v) is 5.52. The number of thioether (sulfide) groups is 1. The molecule has 0 saturated carbocycles. The molecule has 0 aliphatic carbocycles. The van der Waals surface area contributed by atoms with Crippen LogP contribution in [0.25, 0.3) is 0 Å². The second kappa shape index (κ2) is 9.93. The summed E-state index contributed by atoms with van der Waals surface area (Å²) in [6.07, 6.45) is 0.675. The summed E-state index contributed by atoms with van der Waals surface area (Å²) in [6.45, 7) is 0.455. The maximum absolute atomic E-state index is 12.7. The molecule has 1 N–H and O–H groups in total. The van der Waals surface area contributed by atoms with Gasteiger partial charge < -0.3 is 9.64 Å². The van der Waals surface area contributed by atoms with Gasteiger partial charge in [-0.2, -0.15) is 0 Å². The van der Waals surface area contributed by atoms with Crippen molar-refractivity contribution in [3.05, 3.63) is 76.2 Å². The van der Waals surface area contributed by atoms with Gasteiger partial charge >= 0.3 is 11.7 Å². The molecule has 9 heteroatoms. The number of carbonyl (C=O) groups excluding carboxylic acids is 2. The first-order chi connectivity index (χ1) is 14.5. The molecule has 0 aliphatic heterocycles. The number of methoxy groups -OCH3 is 1. The van der Waals surface area contributed by atoms with Crippen LogP contribution in [0.5, 0.6) is 0 Å². The number of carbonyl (C=O) groups is 2. The Kier molecular flexibility index (Phi) is 7.08. The van der Waals surface area contributed by atoms with Crippen molar-refractivity contribution in [1.29, 1.82) is 0 Å². The molecule has 1 heterocycles. The summed E-state index contributed by atoms with van der Waals surface area (Å²) < 4.78 is 6.30. The fourth-order valence-corrected chi connectivity index (χ4v) is 3.79. The van der Waals surface area contributed by atoms with E-state index in [2.05, 4.69) is 10.2 Å². The molecule has 156 valence electrons. The van der Waals surface area contributed by atoms with Crippen LogP contribution in [0, 0.1) is 0 Å². The van der Waals surface area contributed by atoms with Gasteiger partial charge in [0, 0.05) is 13.6 Å². The predicted molar refractivity (Wildman–Crippen MR) is 115 cm³/mol. The van der Waals surface area contributed by atoms with Crippen molar-refractivity contribution in [2.24, 2.45) is 0 Å². The van der Waals surface area contributed by atoms with Crippen LogP contribution < -0.4 is 10.6 Å². The van der Waals surface area contributed by atoms with Crippen LogP contribution in [-0.2, 0) is 22.5 Å². The van der Waals surface area contributed by atoms with Gasteiger partial charge in [-0.1, -0.05) is 54.2 Å². The first kappa shape index (κ1) is 21.4. The molecule has 0 unspecified atom stereocenters. The summed E-state index contributed by atoms with van der Waals surface area (Å²) in [7, 11) is 2.89. The Hall–Kier alpha value is -3.33. The highest BCUT2D eigenvalue weighted by Crippen LogP contribution is 2.22. The number of hydrogen-bond donors (Lipinski definition) is 1. The molecule has 0 atom stereocenters. The van der Waals surface area contributed by atoms with E-state index >= 15 is 0 Å². The highest BCUT2D eigenvalue weighted by atomic mass is 32.2. The van der Waals surface area contributed by atoms with Crippen molar-refractivity contribution >= 4 is 29.3 Å². The Labute approximate surface area is 177 Å². The van der Waals surface area contributed by atoms with Crippen LogP contribution in [0.3, 0.4) is 0 Å². The van der Waals surface area contributed by atoms with Crippen LogP contribution in [-0.4, -0.2) is 46.6 Å². The molecule has 8 nitrogen and oxygen atoms in total. The van der Waals surface area contributed by atoms with E-state index in [0.717, 1.165) is 5.56 Å². The van der Waals surface area contributed by atoms with Gasteiger partial charge in [-0.3, -0.25) is 9.36 Å². The zero-order chi connectivity index (χ0) is 21.5. The zero-order valence-electron chi connectivity index (χ0n) is 16.7. The van der Waals surface area contributed by atoms with Crippen molar-refractivity contribution < 1.29 is 14.3 Å². The highest BCUT2D eigenvalue weighted by Gasteiger charge is 2.20. The molecule has 1 amide bonds. The van der Waals surface area contributed by atoms with Crippen molar-refractivity contribution in [3.8, 4) is 0 Å². The molecule has 3 aromatic rings. The van der Waals surface area contributed by atoms with Gasteiger partial charge in [0.1, 0.15) is 0 Å². The number of anilines is 1. The predicted octanol–water partition coefficient (Wildman–Crippen LogP) is 2.36. The number of amides is 1. The summed E-state index contributed by atoms with van der Waals surface area (Å²) in [5, 5.41) is 6.92. The van der Waals surface area contributed by atoms with E-state index in [9.17, 15) is 14.4 Å². The molecule has 0 aliphatic rings. The van der Waals surface area contributed by atoms with Crippen molar-refractivity contribution in [2.75, 3.05) is 24.8 Å². The maximum atomic E-state index is 12.7. The van der Waals surface area contributed by atoms with Gasteiger partial charge in [0.25, 0.3) is 0 Å². The second-order valence-electron chi connectivity index (χ2n) is 6.45. The van der Waals surface area contributed by atoms with Gasteiger partial charge in [0.2, 0.25) is 5.91 Å². The molecular weight excluding hydrogens is 404 g/mol. The number of esters is 1. The molecule has 1 aromatic heterocycles. The number of para-hydroxylation sites is 1. The van der Waals surface area contributed by atoms with E-state index in [1.165, 1.54) is 28.3 Å². The number of aryl methyl sites for hydroxylation is 1. The number of H-pyrrole nitrogens is 1. The quantitative estimate of drug-likeness (QED) is 0.439. The molecule has 0 spiro atoms. The highest BCUT2D eigenvalue weighted by molar-refractivity contribution is 7.99. The third-order valence-electron chi connectivity index (χ3n) is 4.56. The monoisotopic (exact) mass is 426 g/mol. The normalized spacial score (nSPS) is 10.6. The first-order valence-electron chi connectivity index (χ1n) is 9.27. The number of hydrogen-bond acceptors (Lipinski definition) is 6. The Morgan fingerprint density at radius 3 is 2.57 bits per heavy atom. The lowest BCUT2D eigenvalue weighted by molar-refractivity contribution is -0.115. The molecule has 2 aromatic carbocycles. The van der Waals surface area contributed by atoms with Gasteiger partial charge in [0.15, 0.2) is 5.16 Å². The second-order valence-corrected chi connectivity index (χ2v) is 7.39. The van der Waals surface area contributed by atoms with E-state index in [0.29, 0.717) is 29.4 Å². The van der Waals surface area contributed by atoms with Gasteiger partial charge in [-0.25, -0.2) is 14.7 Å². The van der Waals surface area contributed by atoms with Gasteiger partial charge in [-0.05, 0) is 24.1 Å². The van der Waals surface area contributed by atoms with Crippen LogP contribution in [0.4, 0.5) is 5.69 Å².